The van der Waals surface area contributed by atoms with Crippen molar-refractivity contribution >= 4 is 17.6 Å². The molecule has 182 valence electrons. The SMILES string of the molecule is CCC(N(CCN(C(C)O)C(CC)[Si](OC)(OC)OC)C(C)O)[Si](OC)(OC)OC. The zero-order valence-electron chi connectivity index (χ0n) is 20.4. The lowest BCUT2D eigenvalue weighted by atomic mass is 10.3. The van der Waals surface area contributed by atoms with Crippen LogP contribution in [0.15, 0.2) is 0 Å². The average Bonchev–Trinajstić information content (AvgIpc) is 2.75. The Morgan fingerprint density at radius 3 is 0.967 bits per heavy atom. The van der Waals surface area contributed by atoms with Crippen molar-refractivity contribution in [2.75, 3.05) is 55.7 Å². The van der Waals surface area contributed by atoms with Crippen LogP contribution in [0.3, 0.4) is 0 Å². The lowest BCUT2D eigenvalue weighted by Crippen LogP contribution is -2.66. The Morgan fingerprint density at radius 1 is 0.600 bits per heavy atom. The van der Waals surface area contributed by atoms with E-state index in [9.17, 15) is 10.2 Å². The van der Waals surface area contributed by atoms with E-state index in [2.05, 4.69) is 0 Å². The summed E-state index contributed by atoms with van der Waals surface area (Å²) in [4.78, 5) is 3.78. The van der Waals surface area contributed by atoms with E-state index in [1.54, 1.807) is 56.5 Å². The molecule has 30 heavy (non-hydrogen) atoms. The summed E-state index contributed by atoms with van der Waals surface area (Å²) in [7, 11) is 3.28. The fraction of sp³-hybridized carbons (Fsp3) is 1.00. The van der Waals surface area contributed by atoms with Crippen molar-refractivity contribution in [3.63, 3.8) is 0 Å². The van der Waals surface area contributed by atoms with Crippen molar-refractivity contribution in [1.82, 2.24) is 9.80 Å². The highest BCUT2D eigenvalue weighted by molar-refractivity contribution is 6.62. The van der Waals surface area contributed by atoms with E-state index in [-0.39, 0.29) is 11.3 Å². The minimum Gasteiger partial charge on any atom is -0.379 e. The molecule has 0 saturated heterocycles. The zero-order chi connectivity index (χ0) is 23.5. The van der Waals surface area contributed by atoms with Crippen LogP contribution in [0.5, 0.6) is 0 Å². The van der Waals surface area contributed by atoms with Gasteiger partial charge in [-0.15, -0.1) is 0 Å². The Morgan fingerprint density at radius 2 is 0.833 bits per heavy atom. The summed E-state index contributed by atoms with van der Waals surface area (Å²) in [5.74, 6) is 0. The molecule has 0 bridgehead atoms. The smallest absolute Gasteiger partial charge is 0.379 e. The van der Waals surface area contributed by atoms with Crippen molar-refractivity contribution in [2.45, 2.75) is 64.3 Å². The highest BCUT2D eigenvalue weighted by Crippen LogP contribution is 2.25. The Labute approximate surface area is 184 Å². The van der Waals surface area contributed by atoms with Crippen molar-refractivity contribution < 1.29 is 36.8 Å². The molecule has 0 heterocycles. The van der Waals surface area contributed by atoms with Gasteiger partial charge in [0.2, 0.25) is 0 Å². The van der Waals surface area contributed by atoms with Crippen LogP contribution in [0.25, 0.3) is 0 Å². The molecule has 0 aliphatic rings. The van der Waals surface area contributed by atoms with Crippen molar-refractivity contribution in [3.05, 3.63) is 0 Å². The number of aliphatic hydroxyl groups excluding tert-OH is 2. The first-order chi connectivity index (χ1) is 14.1. The van der Waals surface area contributed by atoms with Gasteiger partial charge in [0.1, 0.15) is 12.5 Å². The molecule has 0 radical (unpaired) electrons. The first-order valence-corrected chi connectivity index (χ1v) is 13.9. The van der Waals surface area contributed by atoms with E-state index in [1.807, 2.05) is 23.6 Å². The maximum atomic E-state index is 10.5. The molecule has 0 aromatic heterocycles. The number of rotatable bonds is 17. The third kappa shape index (κ3) is 6.76. The van der Waals surface area contributed by atoms with Crippen LogP contribution in [0, 0.1) is 0 Å². The molecule has 12 heteroatoms. The molecule has 0 aromatic rings. The molecule has 0 aliphatic heterocycles. The van der Waals surface area contributed by atoms with Gasteiger partial charge in [-0.3, -0.25) is 9.80 Å². The molecular weight excluding hydrogens is 428 g/mol. The fourth-order valence-electron chi connectivity index (χ4n) is 4.13. The molecule has 0 amide bonds. The topological polar surface area (TPSA) is 102 Å². The van der Waals surface area contributed by atoms with Crippen LogP contribution in [0.2, 0.25) is 0 Å². The van der Waals surface area contributed by atoms with Crippen LogP contribution < -0.4 is 0 Å². The minimum absolute atomic E-state index is 0.261. The van der Waals surface area contributed by atoms with E-state index >= 15 is 0 Å². The predicted molar refractivity (Wildman–Crippen MR) is 118 cm³/mol. The largest absolute Gasteiger partial charge is 0.518 e. The summed E-state index contributed by atoms with van der Waals surface area (Å²) in [5.41, 5.74) is -0.523. The van der Waals surface area contributed by atoms with Crippen molar-refractivity contribution in [1.29, 1.82) is 0 Å². The Hall–Kier alpha value is 0.0338. The van der Waals surface area contributed by atoms with Crippen LogP contribution in [-0.2, 0) is 26.6 Å². The maximum Gasteiger partial charge on any atom is 0.518 e. The van der Waals surface area contributed by atoms with Crippen molar-refractivity contribution in [3.8, 4) is 0 Å². The zero-order valence-corrected chi connectivity index (χ0v) is 22.4. The number of hydrogen-bond donors (Lipinski definition) is 2. The van der Waals surface area contributed by atoms with E-state index in [1.165, 1.54) is 0 Å². The number of hydrogen-bond acceptors (Lipinski definition) is 10. The van der Waals surface area contributed by atoms with Gasteiger partial charge < -0.3 is 36.8 Å². The second-order valence-electron chi connectivity index (χ2n) is 7.02. The number of nitrogens with zero attached hydrogens (tertiary/aromatic N) is 2. The molecule has 0 aliphatic carbocycles. The van der Waals surface area contributed by atoms with Gasteiger partial charge in [0, 0.05) is 55.7 Å². The summed E-state index contributed by atoms with van der Waals surface area (Å²) >= 11 is 0. The molecule has 0 rings (SSSR count). The summed E-state index contributed by atoms with van der Waals surface area (Å²) in [6.07, 6.45) is -0.225. The van der Waals surface area contributed by atoms with Gasteiger partial charge in [-0.25, -0.2) is 0 Å². The molecule has 0 saturated carbocycles. The maximum absolute atomic E-state index is 10.5. The minimum atomic E-state index is -3.05. The van der Waals surface area contributed by atoms with Gasteiger partial charge in [-0.2, -0.15) is 0 Å². The second-order valence-corrected chi connectivity index (χ2v) is 13.2. The molecule has 0 fully saturated rings. The van der Waals surface area contributed by atoms with Crippen molar-refractivity contribution in [2.24, 2.45) is 0 Å². The quantitative estimate of drug-likeness (QED) is 0.232. The summed E-state index contributed by atoms with van der Waals surface area (Å²) in [6, 6.07) is 0. The third-order valence-corrected chi connectivity index (χ3v) is 12.2. The molecule has 0 spiro atoms. The van der Waals surface area contributed by atoms with Crippen LogP contribution in [0.4, 0.5) is 0 Å². The first-order valence-electron chi connectivity index (χ1n) is 10.3. The highest BCUT2D eigenvalue weighted by Gasteiger charge is 2.52. The molecule has 10 nitrogen and oxygen atoms in total. The summed E-state index contributed by atoms with van der Waals surface area (Å²) in [6.45, 7) is 8.27. The molecule has 0 aromatic carbocycles. The van der Waals surface area contributed by atoms with E-state index in [0.29, 0.717) is 25.9 Å². The van der Waals surface area contributed by atoms with Gasteiger partial charge in [0.25, 0.3) is 0 Å². The van der Waals surface area contributed by atoms with Gasteiger partial charge in [-0.1, -0.05) is 13.8 Å². The Balaban J connectivity index is 5.86. The third-order valence-electron chi connectivity index (χ3n) is 5.67. The van der Waals surface area contributed by atoms with Gasteiger partial charge in [0.15, 0.2) is 0 Å². The summed E-state index contributed by atoms with van der Waals surface area (Å²) in [5, 5.41) is 21.1. The predicted octanol–water partition coefficient (Wildman–Crippen LogP) is 0.659. The normalized spacial score (nSPS) is 17.4. The fourth-order valence-corrected chi connectivity index (χ4v) is 9.26. The lowest BCUT2D eigenvalue weighted by molar-refractivity contribution is -0.0551. The van der Waals surface area contributed by atoms with E-state index in [4.69, 9.17) is 26.6 Å². The molecule has 4 unspecified atom stereocenters. The highest BCUT2D eigenvalue weighted by atomic mass is 28.4. The van der Waals surface area contributed by atoms with Gasteiger partial charge in [-0.05, 0) is 26.7 Å². The summed E-state index contributed by atoms with van der Waals surface area (Å²) < 4.78 is 34.1. The standard InChI is InChI=1S/C18H44N2O8Si2/c1-11-17(29(23-5,24-6)25-7)19(15(3)21)13-14-20(16(4)22)18(12-2)30(26-8,27-9)28-10/h15-18,21-22H,11-14H2,1-10H3. The Kier molecular flexibility index (Phi) is 14.3. The second kappa shape index (κ2) is 14.2. The Bertz CT molecular complexity index is 397. The average molecular weight is 473 g/mol. The number of aliphatic hydroxyl groups is 2. The van der Waals surface area contributed by atoms with E-state index < -0.39 is 30.1 Å². The first kappa shape index (κ1) is 30.0. The molecule has 2 N–H and O–H groups in total. The molecule has 4 atom stereocenters. The van der Waals surface area contributed by atoms with Crippen LogP contribution >= 0.6 is 0 Å². The lowest BCUT2D eigenvalue weighted by Gasteiger charge is -2.44. The van der Waals surface area contributed by atoms with Crippen LogP contribution in [-0.4, -0.2) is 117 Å². The van der Waals surface area contributed by atoms with Gasteiger partial charge in [0.05, 0.1) is 11.3 Å². The monoisotopic (exact) mass is 472 g/mol. The van der Waals surface area contributed by atoms with E-state index in [0.717, 1.165) is 0 Å². The van der Waals surface area contributed by atoms with Gasteiger partial charge >= 0.3 is 17.6 Å². The van der Waals surface area contributed by atoms with Crippen LogP contribution in [0.1, 0.15) is 40.5 Å². The molecular formula is C18H44N2O8Si2.